The molecule has 0 fully saturated rings. The molecule has 3 rings (SSSR count). The number of ether oxygens (including phenoxy) is 3. The van der Waals surface area contributed by atoms with Gasteiger partial charge in [-0.1, -0.05) is 18.2 Å². The summed E-state index contributed by atoms with van der Waals surface area (Å²) < 4.78 is 17.3. The molecule has 0 radical (unpaired) electrons. The Morgan fingerprint density at radius 1 is 1.14 bits per heavy atom. The lowest BCUT2D eigenvalue weighted by Crippen LogP contribution is -2.13. The molecule has 1 atom stereocenters. The molecule has 2 aromatic carbocycles. The standard InChI is InChI=1S/C18H18O3/c1-4-9-20-18-14-7-5-12(2)10-16(14)21-17-11-13(19-3)6-8-15(17)18/h4-8,10-11,18H,1,9H2,2-3H3. The van der Waals surface area contributed by atoms with E-state index in [1.165, 1.54) is 0 Å². The summed E-state index contributed by atoms with van der Waals surface area (Å²) in [5.41, 5.74) is 3.21. The van der Waals surface area contributed by atoms with Crippen LogP contribution in [0.1, 0.15) is 22.8 Å². The summed E-state index contributed by atoms with van der Waals surface area (Å²) in [6, 6.07) is 12.0. The highest BCUT2D eigenvalue weighted by Crippen LogP contribution is 2.46. The van der Waals surface area contributed by atoms with Crippen LogP contribution < -0.4 is 9.47 Å². The first kappa shape index (κ1) is 13.7. The largest absolute Gasteiger partial charge is 0.497 e. The van der Waals surface area contributed by atoms with E-state index in [1.807, 2.05) is 31.2 Å². The molecule has 0 saturated heterocycles. The van der Waals surface area contributed by atoms with Crippen molar-refractivity contribution >= 4 is 0 Å². The zero-order chi connectivity index (χ0) is 14.8. The van der Waals surface area contributed by atoms with Gasteiger partial charge in [0.05, 0.1) is 13.7 Å². The van der Waals surface area contributed by atoms with E-state index in [4.69, 9.17) is 14.2 Å². The first-order valence-corrected chi connectivity index (χ1v) is 6.91. The summed E-state index contributed by atoms with van der Waals surface area (Å²) in [6.45, 7) is 6.26. The molecule has 2 aromatic rings. The molecule has 3 nitrogen and oxygen atoms in total. The lowest BCUT2D eigenvalue weighted by molar-refractivity contribution is 0.0961. The third kappa shape index (κ3) is 2.52. The zero-order valence-electron chi connectivity index (χ0n) is 12.3. The van der Waals surface area contributed by atoms with Gasteiger partial charge in [-0.25, -0.2) is 0 Å². The zero-order valence-corrected chi connectivity index (χ0v) is 12.3. The minimum absolute atomic E-state index is 0.145. The third-order valence-electron chi connectivity index (χ3n) is 3.56. The Bertz CT molecular complexity index is 676. The second-order valence-corrected chi connectivity index (χ2v) is 5.05. The molecule has 1 heterocycles. The second kappa shape index (κ2) is 5.62. The normalized spacial score (nSPS) is 15.6. The van der Waals surface area contributed by atoms with Gasteiger partial charge in [0.15, 0.2) is 0 Å². The Hall–Kier alpha value is -2.26. The molecule has 3 heteroatoms. The van der Waals surface area contributed by atoms with E-state index >= 15 is 0 Å². The fourth-order valence-corrected chi connectivity index (χ4v) is 2.52. The Morgan fingerprint density at radius 3 is 2.57 bits per heavy atom. The minimum Gasteiger partial charge on any atom is -0.497 e. The molecule has 0 spiro atoms. The fourth-order valence-electron chi connectivity index (χ4n) is 2.52. The Balaban J connectivity index is 2.09. The lowest BCUT2D eigenvalue weighted by atomic mass is 9.96. The number of hydrogen-bond donors (Lipinski definition) is 0. The molecule has 108 valence electrons. The summed E-state index contributed by atoms with van der Waals surface area (Å²) in [7, 11) is 1.65. The van der Waals surface area contributed by atoms with Gasteiger partial charge in [0.25, 0.3) is 0 Å². The van der Waals surface area contributed by atoms with Gasteiger partial charge in [0.2, 0.25) is 0 Å². The molecule has 1 unspecified atom stereocenters. The first-order chi connectivity index (χ1) is 10.2. The Morgan fingerprint density at radius 2 is 1.86 bits per heavy atom. The molecule has 0 bridgehead atoms. The molecule has 0 saturated carbocycles. The minimum atomic E-state index is -0.145. The highest BCUT2D eigenvalue weighted by molar-refractivity contribution is 5.55. The van der Waals surface area contributed by atoms with Crippen molar-refractivity contribution in [2.75, 3.05) is 13.7 Å². The van der Waals surface area contributed by atoms with Crippen LogP contribution in [0.4, 0.5) is 0 Å². The molecule has 0 amide bonds. The van der Waals surface area contributed by atoms with E-state index in [9.17, 15) is 0 Å². The van der Waals surface area contributed by atoms with Gasteiger partial charge < -0.3 is 14.2 Å². The predicted molar refractivity (Wildman–Crippen MR) is 82.2 cm³/mol. The molecule has 0 aromatic heterocycles. The van der Waals surface area contributed by atoms with Gasteiger partial charge >= 0.3 is 0 Å². The van der Waals surface area contributed by atoms with Crippen molar-refractivity contribution in [2.45, 2.75) is 13.0 Å². The fraction of sp³-hybridized carbons (Fsp3) is 0.222. The summed E-state index contributed by atoms with van der Waals surface area (Å²) in [5.74, 6) is 2.39. The summed E-state index contributed by atoms with van der Waals surface area (Å²) >= 11 is 0. The van der Waals surface area contributed by atoms with Crippen LogP contribution in [-0.2, 0) is 4.74 Å². The maximum absolute atomic E-state index is 6.03. The van der Waals surface area contributed by atoms with Crippen LogP contribution in [0, 0.1) is 6.92 Å². The summed E-state index contributed by atoms with van der Waals surface area (Å²) in [5, 5.41) is 0. The van der Waals surface area contributed by atoms with Crippen LogP contribution in [0.3, 0.4) is 0 Å². The van der Waals surface area contributed by atoms with E-state index in [0.29, 0.717) is 6.61 Å². The van der Waals surface area contributed by atoms with Crippen molar-refractivity contribution in [3.05, 3.63) is 65.7 Å². The number of fused-ring (bicyclic) bond motifs is 2. The third-order valence-corrected chi connectivity index (χ3v) is 3.56. The molecule has 0 aliphatic carbocycles. The molecule has 1 aliphatic heterocycles. The van der Waals surface area contributed by atoms with Gasteiger partial charge in [0, 0.05) is 17.2 Å². The first-order valence-electron chi connectivity index (χ1n) is 6.91. The molecule has 0 N–H and O–H groups in total. The van der Waals surface area contributed by atoms with Crippen LogP contribution in [0.15, 0.2) is 49.1 Å². The van der Waals surface area contributed by atoms with Crippen LogP contribution in [0.5, 0.6) is 17.2 Å². The number of hydrogen-bond acceptors (Lipinski definition) is 3. The SMILES string of the molecule is C=CCOC1c2ccc(C)cc2Oc2cc(OC)ccc21. The molecular weight excluding hydrogens is 264 g/mol. The van der Waals surface area contributed by atoms with Crippen LogP contribution >= 0.6 is 0 Å². The van der Waals surface area contributed by atoms with E-state index in [1.54, 1.807) is 13.2 Å². The van der Waals surface area contributed by atoms with Gasteiger partial charge in [-0.2, -0.15) is 0 Å². The Labute approximate surface area is 124 Å². The van der Waals surface area contributed by atoms with Crippen molar-refractivity contribution < 1.29 is 14.2 Å². The average Bonchev–Trinajstić information content (AvgIpc) is 2.50. The molecule has 1 aliphatic rings. The Kier molecular flexibility index (Phi) is 3.67. The van der Waals surface area contributed by atoms with Crippen LogP contribution in [-0.4, -0.2) is 13.7 Å². The van der Waals surface area contributed by atoms with Crippen molar-refractivity contribution in [3.63, 3.8) is 0 Å². The van der Waals surface area contributed by atoms with Crippen molar-refractivity contribution in [1.82, 2.24) is 0 Å². The van der Waals surface area contributed by atoms with Crippen molar-refractivity contribution in [1.29, 1.82) is 0 Å². The van der Waals surface area contributed by atoms with Crippen LogP contribution in [0.2, 0.25) is 0 Å². The average molecular weight is 282 g/mol. The van der Waals surface area contributed by atoms with Gasteiger partial charge in [-0.15, -0.1) is 6.58 Å². The van der Waals surface area contributed by atoms with Gasteiger partial charge in [0.1, 0.15) is 23.4 Å². The molecular formula is C18H18O3. The van der Waals surface area contributed by atoms with Gasteiger partial charge in [-0.05, 0) is 30.7 Å². The second-order valence-electron chi connectivity index (χ2n) is 5.05. The van der Waals surface area contributed by atoms with Crippen LogP contribution in [0.25, 0.3) is 0 Å². The van der Waals surface area contributed by atoms with Gasteiger partial charge in [-0.3, -0.25) is 0 Å². The highest BCUT2D eigenvalue weighted by atomic mass is 16.5. The number of aryl methyl sites for hydroxylation is 1. The van der Waals surface area contributed by atoms with Crippen molar-refractivity contribution in [3.8, 4) is 17.2 Å². The topological polar surface area (TPSA) is 27.7 Å². The van der Waals surface area contributed by atoms with Crippen molar-refractivity contribution in [2.24, 2.45) is 0 Å². The number of rotatable bonds is 4. The monoisotopic (exact) mass is 282 g/mol. The van der Waals surface area contributed by atoms with E-state index < -0.39 is 0 Å². The summed E-state index contributed by atoms with van der Waals surface area (Å²) in [4.78, 5) is 0. The summed E-state index contributed by atoms with van der Waals surface area (Å²) in [6.07, 6.45) is 1.61. The van der Waals surface area contributed by atoms with E-state index in [-0.39, 0.29) is 6.10 Å². The molecule has 21 heavy (non-hydrogen) atoms. The maximum Gasteiger partial charge on any atom is 0.137 e. The highest BCUT2D eigenvalue weighted by Gasteiger charge is 2.28. The lowest BCUT2D eigenvalue weighted by Gasteiger charge is -2.28. The smallest absolute Gasteiger partial charge is 0.137 e. The number of methoxy groups -OCH3 is 1. The quantitative estimate of drug-likeness (QED) is 0.778. The number of benzene rings is 2. The maximum atomic E-state index is 6.03. The van der Waals surface area contributed by atoms with E-state index in [0.717, 1.165) is 33.9 Å². The predicted octanol–water partition coefficient (Wildman–Crippen LogP) is 4.40. The van der Waals surface area contributed by atoms with E-state index in [2.05, 4.69) is 18.7 Å².